The van der Waals surface area contributed by atoms with Gasteiger partial charge in [0.25, 0.3) is 5.91 Å². The van der Waals surface area contributed by atoms with E-state index in [2.05, 4.69) is 5.32 Å². The highest BCUT2D eigenvalue weighted by Crippen LogP contribution is 2.37. The van der Waals surface area contributed by atoms with Gasteiger partial charge < -0.3 is 15.0 Å². The summed E-state index contributed by atoms with van der Waals surface area (Å²) in [6, 6.07) is 19.7. The Labute approximate surface area is 221 Å². The smallest absolute Gasteiger partial charge is 0.253 e. The fourth-order valence-corrected chi connectivity index (χ4v) is 5.49. The molecule has 0 radical (unpaired) electrons. The second-order valence-corrected chi connectivity index (χ2v) is 10.2. The summed E-state index contributed by atoms with van der Waals surface area (Å²) in [5, 5.41) is 3.16. The number of ether oxygens (including phenoxy) is 1. The van der Waals surface area contributed by atoms with Gasteiger partial charge in [-0.1, -0.05) is 36.4 Å². The summed E-state index contributed by atoms with van der Waals surface area (Å²) in [4.78, 5) is 28.7. The number of halogens is 2. The summed E-state index contributed by atoms with van der Waals surface area (Å²) < 4.78 is 32.4. The molecule has 7 heteroatoms. The fourth-order valence-electron chi connectivity index (χ4n) is 5.49. The van der Waals surface area contributed by atoms with Crippen LogP contribution in [-0.2, 0) is 14.9 Å². The second kappa shape index (κ2) is 11.4. The SMILES string of the molecule is O=C(c1ccc(-c2ccc(F)cc2)cc1)N1CCC(C(=O)NCC2CCOCC2)(c2ccc(F)cc2)CC1. The lowest BCUT2D eigenvalue weighted by molar-refractivity contribution is -0.128. The third-order valence-electron chi connectivity index (χ3n) is 7.94. The third kappa shape index (κ3) is 5.63. The number of hydrogen-bond donors (Lipinski definition) is 1. The molecule has 2 aliphatic rings. The molecule has 0 atom stereocenters. The molecule has 2 heterocycles. The Kier molecular flexibility index (Phi) is 7.84. The van der Waals surface area contributed by atoms with Crippen molar-refractivity contribution in [2.45, 2.75) is 31.1 Å². The highest BCUT2D eigenvalue weighted by molar-refractivity contribution is 5.95. The van der Waals surface area contributed by atoms with Gasteiger partial charge in [0.1, 0.15) is 11.6 Å². The average Bonchev–Trinajstić information content (AvgIpc) is 2.97. The van der Waals surface area contributed by atoms with Crippen LogP contribution in [0.2, 0.25) is 0 Å². The zero-order valence-corrected chi connectivity index (χ0v) is 21.3. The van der Waals surface area contributed by atoms with Crippen LogP contribution < -0.4 is 5.32 Å². The number of piperidine rings is 1. The second-order valence-electron chi connectivity index (χ2n) is 10.2. The lowest BCUT2D eigenvalue weighted by Gasteiger charge is -2.41. The van der Waals surface area contributed by atoms with Crippen LogP contribution in [0.25, 0.3) is 11.1 Å². The zero-order chi connectivity index (χ0) is 26.5. The first kappa shape index (κ1) is 26.0. The first-order chi connectivity index (χ1) is 18.4. The van der Waals surface area contributed by atoms with Crippen LogP contribution in [-0.4, -0.2) is 49.6 Å². The molecule has 198 valence electrons. The predicted molar refractivity (Wildman–Crippen MR) is 142 cm³/mol. The van der Waals surface area contributed by atoms with Crippen LogP contribution in [0.3, 0.4) is 0 Å². The van der Waals surface area contributed by atoms with Gasteiger partial charge in [0.2, 0.25) is 5.91 Å². The Bertz CT molecular complexity index is 1250. The van der Waals surface area contributed by atoms with E-state index in [9.17, 15) is 18.4 Å². The Hall–Kier alpha value is -3.58. The van der Waals surface area contributed by atoms with E-state index in [0.29, 0.717) is 57.2 Å². The van der Waals surface area contributed by atoms with Gasteiger partial charge in [-0.25, -0.2) is 8.78 Å². The van der Waals surface area contributed by atoms with Gasteiger partial charge in [0, 0.05) is 38.4 Å². The number of amides is 2. The van der Waals surface area contributed by atoms with Crippen molar-refractivity contribution in [1.82, 2.24) is 10.2 Å². The summed E-state index contributed by atoms with van der Waals surface area (Å²) in [6.07, 6.45) is 2.76. The quantitative estimate of drug-likeness (QED) is 0.479. The van der Waals surface area contributed by atoms with E-state index in [4.69, 9.17) is 4.74 Å². The highest BCUT2D eigenvalue weighted by Gasteiger charge is 2.44. The van der Waals surface area contributed by atoms with Crippen LogP contribution in [0.5, 0.6) is 0 Å². The number of benzene rings is 3. The predicted octanol–water partition coefficient (Wildman–Crippen LogP) is 5.35. The number of rotatable bonds is 6. The standard InChI is InChI=1S/C31H32F2N2O3/c32-27-9-5-24(6-10-27)23-1-3-25(4-2-23)29(36)35-17-15-31(16-18-35,26-7-11-28(33)12-8-26)30(37)34-21-22-13-19-38-20-14-22/h1-12,22H,13-21H2,(H,34,37). The van der Waals surface area contributed by atoms with E-state index < -0.39 is 5.41 Å². The van der Waals surface area contributed by atoms with Gasteiger partial charge in [-0.3, -0.25) is 9.59 Å². The number of hydrogen-bond acceptors (Lipinski definition) is 3. The molecule has 0 unspecified atom stereocenters. The Balaban J connectivity index is 1.28. The summed E-state index contributed by atoms with van der Waals surface area (Å²) in [5.74, 6) is -0.405. The van der Waals surface area contributed by atoms with Gasteiger partial charge >= 0.3 is 0 Å². The molecular formula is C31H32F2N2O3. The van der Waals surface area contributed by atoms with E-state index in [1.165, 1.54) is 24.3 Å². The van der Waals surface area contributed by atoms with Crippen molar-refractivity contribution in [2.24, 2.45) is 5.92 Å². The molecule has 2 fully saturated rings. The molecule has 1 N–H and O–H groups in total. The number of carbonyl (C=O) groups excluding carboxylic acids is 2. The minimum Gasteiger partial charge on any atom is -0.381 e. The molecule has 38 heavy (non-hydrogen) atoms. The minimum atomic E-state index is -0.817. The summed E-state index contributed by atoms with van der Waals surface area (Å²) in [5.41, 5.74) is 2.30. The normalized spacial score (nSPS) is 17.7. The lowest BCUT2D eigenvalue weighted by atomic mass is 9.71. The van der Waals surface area contributed by atoms with E-state index in [1.54, 1.807) is 41.3 Å². The monoisotopic (exact) mass is 518 g/mol. The van der Waals surface area contributed by atoms with E-state index in [1.807, 2.05) is 12.1 Å². The average molecular weight is 519 g/mol. The molecule has 5 rings (SSSR count). The van der Waals surface area contributed by atoms with Crippen LogP contribution in [0.4, 0.5) is 8.78 Å². The molecule has 3 aromatic rings. The van der Waals surface area contributed by atoms with Crippen molar-refractivity contribution < 1.29 is 23.1 Å². The molecule has 0 saturated carbocycles. The van der Waals surface area contributed by atoms with Crippen molar-refractivity contribution in [1.29, 1.82) is 0 Å². The molecule has 0 spiro atoms. The van der Waals surface area contributed by atoms with Crippen LogP contribution in [0, 0.1) is 17.6 Å². The molecule has 5 nitrogen and oxygen atoms in total. The summed E-state index contributed by atoms with van der Waals surface area (Å²) >= 11 is 0. The number of likely N-dealkylation sites (tertiary alicyclic amines) is 1. The van der Waals surface area contributed by atoms with E-state index >= 15 is 0 Å². The van der Waals surface area contributed by atoms with Crippen molar-refractivity contribution >= 4 is 11.8 Å². The molecule has 0 aromatic heterocycles. The summed E-state index contributed by atoms with van der Waals surface area (Å²) in [7, 11) is 0. The fraction of sp³-hybridized carbons (Fsp3) is 0.355. The van der Waals surface area contributed by atoms with Gasteiger partial charge in [-0.15, -0.1) is 0 Å². The Morgan fingerprint density at radius 2 is 1.34 bits per heavy atom. The topological polar surface area (TPSA) is 58.6 Å². The van der Waals surface area contributed by atoms with Gasteiger partial charge in [0.05, 0.1) is 5.41 Å². The Morgan fingerprint density at radius 3 is 1.92 bits per heavy atom. The molecule has 0 aliphatic carbocycles. The van der Waals surface area contributed by atoms with Crippen molar-refractivity contribution in [3.05, 3.63) is 95.6 Å². The molecular weight excluding hydrogens is 486 g/mol. The van der Waals surface area contributed by atoms with Crippen molar-refractivity contribution in [3.8, 4) is 11.1 Å². The van der Waals surface area contributed by atoms with Gasteiger partial charge in [-0.05, 0) is 84.7 Å². The van der Waals surface area contributed by atoms with Crippen molar-refractivity contribution in [2.75, 3.05) is 32.8 Å². The highest BCUT2D eigenvalue weighted by atomic mass is 19.1. The molecule has 2 aliphatic heterocycles. The molecule has 2 amide bonds. The number of nitrogens with one attached hydrogen (secondary N) is 1. The lowest BCUT2D eigenvalue weighted by Crippen LogP contribution is -2.53. The van der Waals surface area contributed by atoms with Crippen molar-refractivity contribution in [3.63, 3.8) is 0 Å². The number of carbonyl (C=O) groups is 2. The Morgan fingerprint density at radius 1 is 0.816 bits per heavy atom. The zero-order valence-electron chi connectivity index (χ0n) is 21.3. The van der Waals surface area contributed by atoms with Gasteiger partial charge in [-0.2, -0.15) is 0 Å². The maximum Gasteiger partial charge on any atom is 0.253 e. The van der Waals surface area contributed by atoms with E-state index in [-0.39, 0.29) is 23.4 Å². The van der Waals surface area contributed by atoms with Crippen LogP contribution >= 0.6 is 0 Å². The first-order valence-corrected chi connectivity index (χ1v) is 13.2. The maximum atomic E-state index is 13.7. The maximum absolute atomic E-state index is 13.7. The van der Waals surface area contributed by atoms with Crippen LogP contribution in [0.15, 0.2) is 72.8 Å². The van der Waals surface area contributed by atoms with E-state index in [0.717, 1.165) is 29.5 Å². The minimum absolute atomic E-state index is 0.0636. The largest absolute Gasteiger partial charge is 0.381 e. The van der Waals surface area contributed by atoms with Gasteiger partial charge in [0.15, 0.2) is 0 Å². The molecule has 0 bridgehead atoms. The first-order valence-electron chi connectivity index (χ1n) is 13.2. The third-order valence-corrected chi connectivity index (χ3v) is 7.94. The summed E-state index contributed by atoms with van der Waals surface area (Å²) in [6.45, 7) is 2.85. The molecule has 2 saturated heterocycles. The van der Waals surface area contributed by atoms with Crippen LogP contribution in [0.1, 0.15) is 41.6 Å². The number of nitrogens with zero attached hydrogens (tertiary/aromatic N) is 1. The molecule has 3 aromatic carbocycles.